The Labute approximate surface area is 201 Å². The van der Waals surface area contributed by atoms with E-state index >= 15 is 0 Å². The monoisotopic (exact) mass is 479 g/mol. The average Bonchev–Trinajstić information content (AvgIpc) is 3.30. The second-order valence-corrected chi connectivity index (χ2v) is 7.82. The second kappa shape index (κ2) is 10.8. The molecule has 1 aromatic heterocycles. The number of non-ortho nitro benzene ring substituents is 1. The maximum absolute atomic E-state index is 13.1. The maximum atomic E-state index is 13.1. The highest BCUT2D eigenvalue weighted by Gasteiger charge is 2.26. The van der Waals surface area contributed by atoms with Crippen LogP contribution in [0.2, 0.25) is 0 Å². The molecule has 1 N–H and O–H groups in total. The van der Waals surface area contributed by atoms with Crippen LogP contribution in [-0.4, -0.2) is 57.7 Å². The van der Waals surface area contributed by atoms with Gasteiger partial charge in [-0.3, -0.25) is 24.4 Å². The third-order valence-electron chi connectivity index (χ3n) is 5.53. The SMILES string of the molecule is CCn1ncc(NC(=O)c2cccc(COc3ccc([N+](=O)[O-])cc3)c2)c1C(=O)N1CCOCC1. The van der Waals surface area contributed by atoms with E-state index < -0.39 is 4.92 Å². The number of benzene rings is 2. The van der Waals surface area contributed by atoms with Crippen LogP contribution in [0.25, 0.3) is 0 Å². The van der Waals surface area contributed by atoms with E-state index in [0.29, 0.717) is 55.5 Å². The fourth-order valence-corrected chi connectivity index (χ4v) is 3.69. The van der Waals surface area contributed by atoms with E-state index in [4.69, 9.17) is 9.47 Å². The van der Waals surface area contributed by atoms with E-state index in [1.807, 2.05) is 13.0 Å². The van der Waals surface area contributed by atoms with Gasteiger partial charge in [-0.15, -0.1) is 0 Å². The molecule has 4 rings (SSSR count). The van der Waals surface area contributed by atoms with E-state index in [1.54, 1.807) is 27.8 Å². The second-order valence-electron chi connectivity index (χ2n) is 7.82. The van der Waals surface area contributed by atoms with Crippen molar-refractivity contribution < 1.29 is 24.0 Å². The highest BCUT2D eigenvalue weighted by Crippen LogP contribution is 2.21. The largest absolute Gasteiger partial charge is 0.489 e. The number of carbonyl (C=O) groups is 2. The molecule has 0 spiro atoms. The van der Waals surface area contributed by atoms with Gasteiger partial charge >= 0.3 is 0 Å². The minimum atomic E-state index is -0.476. The van der Waals surface area contributed by atoms with Crippen molar-refractivity contribution in [1.82, 2.24) is 14.7 Å². The van der Waals surface area contributed by atoms with Crippen molar-refractivity contribution >= 4 is 23.2 Å². The number of amides is 2. The number of nitro groups is 1. The van der Waals surface area contributed by atoms with Crippen LogP contribution in [0.4, 0.5) is 11.4 Å². The molecule has 35 heavy (non-hydrogen) atoms. The number of nitrogens with zero attached hydrogens (tertiary/aromatic N) is 4. The number of nitrogens with one attached hydrogen (secondary N) is 1. The molecule has 0 aliphatic carbocycles. The summed E-state index contributed by atoms with van der Waals surface area (Å²) >= 11 is 0. The lowest BCUT2D eigenvalue weighted by atomic mass is 10.1. The van der Waals surface area contributed by atoms with E-state index in [2.05, 4.69) is 10.4 Å². The highest BCUT2D eigenvalue weighted by atomic mass is 16.6. The van der Waals surface area contributed by atoms with Crippen LogP contribution in [0.5, 0.6) is 5.75 Å². The zero-order valence-corrected chi connectivity index (χ0v) is 19.2. The van der Waals surface area contributed by atoms with Crippen LogP contribution in [0, 0.1) is 10.1 Å². The van der Waals surface area contributed by atoms with Gasteiger partial charge in [0.05, 0.1) is 30.0 Å². The lowest BCUT2D eigenvalue weighted by Gasteiger charge is -2.27. The molecule has 0 radical (unpaired) electrons. The smallest absolute Gasteiger partial charge is 0.274 e. The van der Waals surface area contributed by atoms with Crippen LogP contribution in [0.1, 0.15) is 33.3 Å². The van der Waals surface area contributed by atoms with Gasteiger partial charge in [0, 0.05) is 37.3 Å². The number of nitro benzene ring substituents is 1. The molecule has 3 aromatic rings. The quantitative estimate of drug-likeness (QED) is 0.388. The molecule has 2 amide bonds. The maximum Gasteiger partial charge on any atom is 0.274 e. The summed E-state index contributed by atoms with van der Waals surface area (Å²) in [7, 11) is 0. The van der Waals surface area contributed by atoms with Crippen LogP contribution < -0.4 is 10.1 Å². The van der Waals surface area contributed by atoms with Gasteiger partial charge in [-0.1, -0.05) is 12.1 Å². The van der Waals surface area contributed by atoms with E-state index in [1.165, 1.54) is 30.5 Å². The third-order valence-corrected chi connectivity index (χ3v) is 5.53. The molecule has 0 saturated carbocycles. The molecular formula is C24H25N5O6. The molecule has 0 unspecified atom stereocenters. The molecule has 1 fully saturated rings. The van der Waals surface area contributed by atoms with Crippen molar-refractivity contribution in [2.75, 3.05) is 31.6 Å². The highest BCUT2D eigenvalue weighted by molar-refractivity contribution is 6.08. The van der Waals surface area contributed by atoms with Gasteiger partial charge in [0.25, 0.3) is 17.5 Å². The van der Waals surface area contributed by atoms with Crippen molar-refractivity contribution in [2.45, 2.75) is 20.1 Å². The summed E-state index contributed by atoms with van der Waals surface area (Å²) in [6, 6.07) is 12.7. The molecule has 1 aliphatic heterocycles. The first kappa shape index (κ1) is 23.9. The molecule has 2 heterocycles. The molecule has 1 saturated heterocycles. The van der Waals surface area contributed by atoms with Gasteiger partial charge in [0.1, 0.15) is 18.1 Å². The lowest BCUT2D eigenvalue weighted by molar-refractivity contribution is -0.384. The molecule has 1 aliphatic rings. The number of aryl methyl sites for hydroxylation is 1. The van der Waals surface area contributed by atoms with E-state index in [0.717, 1.165) is 5.56 Å². The molecule has 0 atom stereocenters. The Bertz CT molecular complexity index is 1220. The van der Waals surface area contributed by atoms with Gasteiger partial charge in [-0.25, -0.2) is 0 Å². The summed E-state index contributed by atoms with van der Waals surface area (Å²) in [5, 5.41) is 17.8. The fraction of sp³-hybridized carbons (Fsp3) is 0.292. The van der Waals surface area contributed by atoms with Crippen molar-refractivity contribution in [1.29, 1.82) is 0 Å². The van der Waals surface area contributed by atoms with Gasteiger partial charge < -0.3 is 19.7 Å². The van der Waals surface area contributed by atoms with Crippen molar-refractivity contribution in [2.24, 2.45) is 0 Å². The van der Waals surface area contributed by atoms with Gasteiger partial charge in [0.2, 0.25) is 0 Å². The number of anilines is 1. The Morgan fingerprint density at radius 2 is 1.91 bits per heavy atom. The lowest BCUT2D eigenvalue weighted by Crippen LogP contribution is -2.41. The number of carbonyl (C=O) groups excluding carboxylic acids is 2. The van der Waals surface area contributed by atoms with Gasteiger partial charge in [-0.05, 0) is 36.8 Å². The van der Waals surface area contributed by atoms with E-state index in [9.17, 15) is 19.7 Å². The summed E-state index contributed by atoms with van der Waals surface area (Å²) < 4.78 is 12.6. The normalized spacial score (nSPS) is 13.3. The van der Waals surface area contributed by atoms with Crippen LogP contribution >= 0.6 is 0 Å². The number of aromatic nitrogens is 2. The van der Waals surface area contributed by atoms with Crippen LogP contribution in [0.15, 0.2) is 54.7 Å². The summed E-state index contributed by atoms with van der Waals surface area (Å²) in [6.45, 7) is 4.45. The summed E-state index contributed by atoms with van der Waals surface area (Å²) in [6.07, 6.45) is 1.48. The minimum Gasteiger partial charge on any atom is -0.489 e. The van der Waals surface area contributed by atoms with Crippen LogP contribution in [0.3, 0.4) is 0 Å². The Hall–Kier alpha value is -4.25. The number of morpholine rings is 1. The first-order chi connectivity index (χ1) is 17.0. The predicted octanol–water partition coefficient (Wildman–Crippen LogP) is 3.11. The summed E-state index contributed by atoms with van der Waals surface area (Å²) in [5.74, 6) is -0.106. The zero-order valence-electron chi connectivity index (χ0n) is 19.2. The van der Waals surface area contributed by atoms with Gasteiger partial charge in [0.15, 0.2) is 0 Å². The van der Waals surface area contributed by atoms with Gasteiger partial charge in [-0.2, -0.15) is 5.10 Å². The number of hydrogen-bond donors (Lipinski definition) is 1. The molecule has 2 aromatic carbocycles. The van der Waals surface area contributed by atoms with Crippen molar-refractivity contribution in [3.63, 3.8) is 0 Å². The van der Waals surface area contributed by atoms with Crippen molar-refractivity contribution in [3.05, 3.63) is 81.7 Å². The Kier molecular flexibility index (Phi) is 7.36. The Morgan fingerprint density at radius 1 is 1.17 bits per heavy atom. The molecular weight excluding hydrogens is 454 g/mol. The Balaban J connectivity index is 1.45. The predicted molar refractivity (Wildman–Crippen MR) is 126 cm³/mol. The summed E-state index contributed by atoms with van der Waals surface area (Å²) in [5.41, 5.74) is 1.80. The number of hydrogen-bond acceptors (Lipinski definition) is 7. The fourth-order valence-electron chi connectivity index (χ4n) is 3.69. The molecule has 11 heteroatoms. The summed E-state index contributed by atoms with van der Waals surface area (Å²) in [4.78, 5) is 38.1. The standard InChI is InChI=1S/C24H25N5O6/c1-2-28-22(24(31)27-10-12-34-13-11-27)21(15-25-28)26-23(30)18-5-3-4-17(14-18)16-35-20-8-6-19(7-9-20)29(32)33/h3-9,14-15H,2,10-13,16H2,1H3,(H,26,30). The minimum absolute atomic E-state index is 0.0196. The van der Waals surface area contributed by atoms with Crippen molar-refractivity contribution in [3.8, 4) is 5.75 Å². The third kappa shape index (κ3) is 5.64. The average molecular weight is 479 g/mol. The number of ether oxygens (including phenoxy) is 2. The number of rotatable bonds is 8. The Morgan fingerprint density at radius 3 is 2.60 bits per heavy atom. The topological polar surface area (TPSA) is 129 Å². The molecule has 182 valence electrons. The molecule has 0 bridgehead atoms. The van der Waals surface area contributed by atoms with E-state index in [-0.39, 0.29) is 24.1 Å². The first-order valence-electron chi connectivity index (χ1n) is 11.2. The zero-order chi connectivity index (χ0) is 24.8. The first-order valence-corrected chi connectivity index (χ1v) is 11.2. The molecule has 11 nitrogen and oxygen atoms in total. The van der Waals surface area contributed by atoms with Crippen LogP contribution in [-0.2, 0) is 17.9 Å².